The van der Waals surface area contributed by atoms with Crippen molar-refractivity contribution < 1.29 is 19.3 Å². The summed E-state index contributed by atoms with van der Waals surface area (Å²) in [5, 5.41) is 4.91. The lowest BCUT2D eigenvalue weighted by Gasteiger charge is -2.32. The zero-order valence-corrected chi connectivity index (χ0v) is 11.6. The van der Waals surface area contributed by atoms with Crippen LogP contribution in [0.1, 0.15) is 33.6 Å². The molecular formula is C12H23O4P. The number of hydrogen-bond donors (Lipinski definition) is 2. The molecule has 0 saturated carbocycles. The Morgan fingerprint density at radius 2 is 2.29 bits per heavy atom. The van der Waals surface area contributed by atoms with Crippen LogP contribution in [0.2, 0.25) is 0 Å². The first kappa shape index (κ1) is 11.0. The summed E-state index contributed by atoms with van der Waals surface area (Å²) >= 11 is 0. The van der Waals surface area contributed by atoms with E-state index in [0.29, 0.717) is 12.3 Å². The molecule has 2 aliphatic rings. The minimum absolute atomic E-state index is 0.00826. The van der Waals surface area contributed by atoms with Gasteiger partial charge in [0.05, 0.1) is 18.3 Å². The van der Waals surface area contributed by atoms with E-state index < -0.39 is 7.37 Å². The molecule has 5 heteroatoms. The summed E-state index contributed by atoms with van der Waals surface area (Å²) in [4.78, 5) is 4.48. The Hall–Kier alpha value is 0.110. The van der Waals surface area contributed by atoms with Crippen molar-refractivity contribution in [3.63, 3.8) is 0 Å². The van der Waals surface area contributed by atoms with Gasteiger partial charge in [-0.25, -0.2) is 0 Å². The number of aliphatic hydroxyl groups excluding tert-OH is 1. The van der Waals surface area contributed by atoms with Crippen LogP contribution in [0, 0.1) is 11.3 Å². The number of hydrogen-bond acceptors (Lipinski definition) is 4. The second kappa shape index (κ2) is 4.34. The van der Waals surface area contributed by atoms with Crippen LogP contribution in [0.25, 0.3) is 0 Å². The second-order valence-corrected chi connectivity index (χ2v) is 8.55. The van der Waals surface area contributed by atoms with Gasteiger partial charge in [-0.05, 0) is 25.7 Å². The van der Waals surface area contributed by atoms with Crippen molar-refractivity contribution in [1.29, 1.82) is 2.86 Å². The third-order valence-corrected chi connectivity index (χ3v) is 6.51. The van der Waals surface area contributed by atoms with Gasteiger partial charge >= 0.3 is 0 Å². The van der Waals surface area contributed by atoms with Crippen LogP contribution in [0.4, 0.5) is 0 Å². The smallest absolute Gasteiger partial charge is 0.219 e. The van der Waals surface area contributed by atoms with E-state index in [2.05, 4.69) is 4.90 Å². The third-order valence-electron chi connectivity index (χ3n) is 4.49. The highest BCUT2D eigenvalue weighted by atomic mass is 31.2. The summed E-state index contributed by atoms with van der Waals surface area (Å²) in [5.74, 6) is 0.0458. The summed E-state index contributed by atoms with van der Waals surface area (Å²) in [6, 6.07) is 0. The van der Waals surface area contributed by atoms with Gasteiger partial charge in [0.15, 0.2) is 0 Å². The van der Waals surface area contributed by atoms with Gasteiger partial charge < -0.3 is 14.7 Å². The summed E-state index contributed by atoms with van der Waals surface area (Å²) in [5.41, 5.74) is -0.240. The van der Waals surface area contributed by atoms with Crippen LogP contribution in [0.3, 0.4) is 0 Å². The molecule has 2 fully saturated rings. The predicted octanol–water partition coefficient (Wildman–Crippen LogP) is 1.84. The Labute approximate surface area is 106 Å². The fourth-order valence-electron chi connectivity index (χ4n) is 2.90. The molecule has 0 aliphatic carbocycles. The SMILES string of the molecule is [3H]O[C@@H]1[C@@H]([C@H]2CCC[P@@](=O)(O[3H])C2)O[C@@H](C)C1(C)C. The first-order chi connectivity index (χ1) is 8.84. The topological polar surface area (TPSA) is 66.8 Å². The highest BCUT2D eigenvalue weighted by Gasteiger charge is 2.51. The Balaban J connectivity index is 2.15. The monoisotopic (exact) mass is 266 g/mol. The quantitative estimate of drug-likeness (QED) is 0.765. The van der Waals surface area contributed by atoms with E-state index in [1.54, 1.807) is 0 Å². The normalized spacial score (nSPS) is 51.9. The van der Waals surface area contributed by atoms with Gasteiger partial charge in [0.2, 0.25) is 10.2 Å². The molecule has 2 saturated heterocycles. The van der Waals surface area contributed by atoms with Crippen LogP contribution in [0.15, 0.2) is 0 Å². The molecule has 2 rings (SSSR count). The minimum atomic E-state index is -2.83. The summed E-state index contributed by atoms with van der Waals surface area (Å²) in [7, 11) is -2.83. The maximum atomic E-state index is 12.3. The highest BCUT2D eigenvalue weighted by Crippen LogP contribution is 2.52. The fourth-order valence-corrected chi connectivity index (χ4v) is 4.85. The van der Waals surface area contributed by atoms with Crippen LogP contribution < -0.4 is 0 Å². The molecule has 4 nitrogen and oxygen atoms in total. The van der Waals surface area contributed by atoms with Crippen molar-refractivity contribution in [3.8, 4) is 0 Å². The Morgan fingerprint density at radius 1 is 1.53 bits per heavy atom. The molecule has 2 heterocycles. The van der Waals surface area contributed by atoms with E-state index in [9.17, 15) is 4.57 Å². The summed E-state index contributed by atoms with van der Waals surface area (Å²) in [6.07, 6.45) is 1.94. The standard InChI is InChI=1S/C12H23O4P/c1-8-12(2,3)11(13)10(16-8)9-5-4-6-17(14,15)7-9/h8-11,13H,4-7H2,1-3H3,(H,14,15)/t8-,9-,10+,11+/m0/s1/i13T/hT. The highest BCUT2D eigenvalue weighted by molar-refractivity contribution is 7.58. The zero-order chi connectivity index (χ0) is 14.3. The maximum absolute atomic E-state index is 12.3. The molecule has 2 N–H and O–H groups in total. The van der Waals surface area contributed by atoms with Gasteiger partial charge in [0.25, 0.3) is 0 Å². The first-order valence-electron chi connectivity index (χ1n) is 7.16. The maximum Gasteiger partial charge on any atom is 0.219 e. The molecule has 0 amide bonds. The summed E-state index contributed by atoms with van der Waals surface area (Å²) in [6.45, 7) is 6.04. The van der Waals surface area contributed by atoms with Crippen molar-refractivity contribution in [3.05, 3.63) is 0 Å². The number of aliphatic hydroxyl groups is 1. The Morgan fingerprint density at radius 3 is 2.94 bits per heavy atom. The van der Waals surface area contributed by atoms with Gasteiger partial charge in [-0.2, -0.15) is 0 Å². The Kier molecular flexibility index (Phi) is 2.80. The fraction of sp³-hybridized carbons (Fsp3) is 1.00. The van der Waals surface area contributed by atoms with E-state index >= 15 is 0 Å². The van der Waals surface area contributed by atoms with E-state index in [-0.39, 0.29) is 29.6 Å². The van der Waals surface area contributed by atoms with E-state index in [0.717, 1.165) is 12.8 Å². The van der Waals surface area contributed by atoms with Crippen molar-refractivity contribution in [2.75, 3.05) is 12.3 Å². The van der Waals surface area contributed by atoms with Gasteiger partial charge in [-0.1, -0.05) is 13.8 Å². The van der Waals surface area contributed by atoms with Gasteiger partial charge in [0, 0.05) is 17.7 Å². The lowest BCUT2D eigenvalue weighted by atomic mass is 9.79. The second-order valence-electron chi connectivity index (χ2n) is 6.11. The third kappa shape index (κ3) is 2.46. The molecule has 0 spiro atoms. The van der Waals surface area contributed by atoms with Crippen LogP contribution in [-0.2, 0) is 9.30 Å². The van der Waals surface area contributed by atoms with E-state index in [1.165, 1.54) is 0 Å². The molecular weight excluding hydrogens is 239 g/mol. The van der Waals surface area contributed by atoms with Crippen LogP contribution in [-0.4, -0.2) is 43.5 Å². The molecule has 0 aromatic heterocycles. The average Bonchev–Trinajstić information content (AvgIpc) is 2.60. The van der Waals surface area contributed by atoms with Gasteiger partial charge in [-0.15, -0.1) is 0 Å². The molecule has 2 aliphatic heterocycles. The molecule has 0 radical (unpaired) electrons. The first-order valence-corrected chi connectivity index (χ1v) is 8.34. The molecule has 0 unspecified atom stereocenters. The van der Waals surface area contributed by atoms with Crippen LogP contribution in [0.5, 0.6) is 0 Å². The van der Waals surface area contributed by atoms with E-state index in [1.807, 2.05) is 20.8 Å². The van der Waals surface area contributed by atoms with Gasteiger partial charge in [0.1, 0.15) is 0 Å². The van der Waals surface area contributed by atoms with Gasteiger partial charge in [-0.3, -0.25) is 4.57 Å². The summed E-state index contributed by atoms with van der Waals surface area (Å²) < 4.78 is 32.5. The molecule has 5 atom stereocenters. The Bertz CT molecular complexity index is 377. The van der Waals surface area contributed by atoms with E-state index in [4.69, 9.17) is 12.7 Å². The molecule has 100 valence electrons. The van der Waals surface area contributed by atoms with Crippen molar-refractivity contribution in [1.82, 2.24) is 0 Å². The number of rotatable bonds is 3. The molecule has 17 heavy (non-hydrogen) atoms. The molecule has 0 aromatic rings. The lowest BCUT2D eigenvalue weighted by molar-refractivity contribution is -0.0189. The predicted molar refractivity (Wildman–Crippen MR) is 66.4 cm³/mol. The van der Waals surface area contributed by atoms with Crippen molar-refractivity contribution in [2.24, 2.45) is 11.3 Å². The number of ether oxygens (including phenoxy) is 1. The largest absolute Gasteiger partial charge is 0.390 e. The lowest BCUT2D eigenvalue weighted by Crippen LogP contribution is -2.40. The average molecular weight is 266 g/mol. The molecule has 0 bridgehead atoms. The van der Waals surface area contributed by atoms with Crippen molar-refractivity contribution >= 4 is 7.37 Å². The van der Waals surface area contributed by atoms with Crippen LogP contribution >= 0.6 is 7.37 Å². The van der Waals surface area contributed by atoms with Crippen molar-refractivity contribution in [2.45, 2.75) is 51.9 Å². The zero-order valence-electron chi connectivity index (χ0n) is 12.7. The minimum Gasteiger partial charge on any atom is -0.390 e. The molecule has 0 aromatic carbocycles.